The van der Waals surface area contributed by atoms with Crippen LogP contribution in [0, 0.1) is 5.92 Å². The minimum absolute atomic E-state index is 0.166. The van der Waals surface area contributed by atoms with Crippen LogP contribution in [0.25, 0.3) is 0 Å². The van der Waals surface area contributed by atoms with E-state index in [1.807, 2.05) is 31.3 Å². The first-order valence-corrected chi connectivity index (χ1v) is 7.64. The minimum atomic E-state index is 0.166. The van der Waals surface area contributed by atoms with Crippen molar-refractivity contribution in [3.8, 4) is 0 Å². The molecule has 1 aromatic rings. The first kappa shape index (κ1) is 15.3. The topological polar surface area (TPSA) is 23.6 Å². The summed E-state index contributed by atoms with van der Waals surface area (Å²) in [6.45, 7) is 5.44. The lowest BCUT2D eigenvalue weighted by atomic mass is 9.99. The second-order valence-corrected chi connectivity index (χ2v) is 6.21. The number of hydrogen-bond acceptors (Lipinski definition) is 2. The van der Waals surface area contributed by atoms with Crippen LogP contribution in [-0.2, 0) is 11.3 Å². The Balaban J connectivity index is 1.84. The molecule has 110 valence electrons. The summed E-state index contributed by atoms with van der Waals surface area (Å²) in [6, 6.07) is 7.68. The highest BCUT2D eigenvalue weighted by Gasteiger charge is 2.19. The molecule has 0 aromatic heterocycles. The highest BCUT2D eigenvalue weighted by molar-refractivity contribution is 6.31. The number of likely N-dealkylation sites (tertiary alicyclic amines) is 1. The zero-order valence-corrected chi connectivity index (χ0v) is 13.1. The van der Waals surface area contributed by atoms with Crippen molar-refractivity contribution in [2.75, 3.05) is 26.7 Å². The summed E-state index contributed by atoms with van der Waals surface area (Å²) in [5.74, 6) is 0.960. The Morgan fingerprint density at radius 2 is 2.00 bits per heavy atom. The lowest BCUT2D eigenvalue weighted by Gasteiger charge is -2.31. The highest BCUT2D eigenvalue weighted by Crippen LogP contribution is 2.18. The van der Waals surface area contributed by atoms with Crippen LogP contribution in [0.1, 0.15) is 25.3 Å². The van der Waals surface area contributed by atoms with Gasteiger partial charge in [-0.05, 0) is 43.5 Å². The highest BCUT2D eigenvalue weighted by atomic mass is 35.5. The third-order valence-corrected chi connectivity index (χ3v) is 4.39. The minimum Gasteiger partial charge on any atom is -0.340 e. The molecular weight excluding hydrogens is 272 g/mol. The Morgan fingerprint density at radius 3 is 2.65 bits per heavy atom. The summed E-state index contributed by atoms with van der Waals surface area (Å²) >= 11 is 6.13. The molecule has 1 aromatic carbocycles. The molecule has 1 aliphatic rings. The smallest absolute Gasteiger partial charge is 0.236 e. The Bertz CT molecular complexity index is 456. The molecule has 0 aliphatic carbocycles. The molecule has 1 aliphatic heterocycles. The molecule has 0 saturated carbocycles. The van der Waals surface area contributed by atoms with Crippen LogP contribution in [-0.4, -0.2) is 42.4 Å². The van der Waals surface area contributed by atoms with Gasteiger partial charge in [-0.3, -0.25) is 9.69 Å². The van der Waals surface area contributed by atoms with E-state index in [4.69, 9.17) is 11.6 Å². The second kappa shape index (κ2) is 7.09. The van der Waals surface area contributed by atoms with Crippen molar-refractivity contribution in [1.82, 2.24) is 9.80 Å². The zero-order chi connectivity index (χ0) is 14.5. The Kier molecular flexibility index (Phi) is 5.44. The van der Waals surface area contributed by atoms with Crippen molar-refractivity contribution < 1.29 is 4.79 Å². The van der Waals surface area contributed by atoms with Gasteiger partial charge in [-0.2, -0.15) is 0 Å². The van der Waals surface area contributed by atoms with Gasteiger partial charge in [0.2, 0.25) is 5.91 Å². The van der Waals surface area contributed by atoms with Crippen LogP contribution < -0.4 is 0 Å². The van der Waals surface area contributed by atoms with Crippen molar-refractivity contribution in [3.63, 3.8) is 0 Å². The van der Waals surface area contributed by atoms with Crippen LogP contribution >= 0.6 is 11.6 Å². The summed E-state index contributed by atoms with van der Waals surface area (Å²) in [4.78, 5) is 16.3. The molecule has 0 spiro atoms. The fourth-order valence-electron chi connectivity index (χ4n) is 2.50. The maximum Gasteiger partial charge on any atom is 0.236 e. The number of hydrogen-bond donors (Lipinski definition) is 0. The van der Waals surface area contributed by atoms with Gasteiger partial charge in [0.1, 0.15) is 0 Å². The van der Waals surface area contributed by atoms with E-state index < -0.39 is 0 Å². The van der Waals surface area contributed by atoms with Crippen molar-refractivity contribution in [3.05, 3.63) is 34.9 Å². The number of nitrogens with zero attached hydrogens (tertiary/aromatic N) is 2. The van der Waals surface area contributed by atoms with E-state index in [1.165, 1.54) is 12.8 Å². The number of likely N-dealkylation sites (N-methyl/N-ethyl adjacent to an activating group) is 1. The average molecular weight is 295 g/mol. The summed E-state index contributed by atoms with van der Waals surface area (Å²) in [7, 11) is 1.85. The van der Waals surface area contributed by atoms with Gasteiger partial charge in [-0.1, -0.05) is 36.7 Å². The fourth-order valence-corrected chi connectivity index (χ4v) is 2.70. The molecule has 0 bridgehead atoms. The van der Waals surface area contributed by atoms with Gasteiger partial charge in [0.05, 0.1) is 6.54 Å². The van der Waals surface area contributed by atoms with E-state index in [2.05, 4.69) is 11.8 Å². The normalized spacial score (nSPS) is 17.1. The number of benzene rings is 1. The van der Waals surface area contributed by atoms with Crippen LogP contribution in [0.4, 0.5) is 0 Å². The van der Waals surface area contributed by atoms with E-state index >= 15 is 0 Å². The molecule has 20 heavy (non-hydrogen) atoms. The lowest BCUT2D eigenvalue weighted by Crippen LogP contribution is -2.41. The van der Waals surface area contributed by atoms with Crippen molar-refractivity contribution >= 4 is 17.5 Å². The number of amides is 1. The molecule has 0 radical (unpaired) electrons. The number of piperidine rings is 1. The van der Waals surface area contributed by atoms with Gasteiger partial charge >= 0.3 is 0 Å². The van der Waals surface area contributed by atoms with E-state index in [0.29, 0.717) is 13.1 Å². The molecule has 1 amide bonds. The van der Waals surface area contributed by atoms with Crippen LogP contribution in [0.2, 0.25) is 5.02 Å². The Morgan fingerprint density at radius 1 is 1.35 bits per heavy atom. The summed E-state index contributed by atoms with van der Waals surface area (Å²) in [5, 5.41) is 0.721. The number of carbonyl (C=O) groups excluding carboxylic acids is 1. The SMILES string of the molecule is CC1CCN(CC(=O)N(C)Cc2ccccc2Cl)CC1. The molecule has 1 saturated heterocycles. The standard InChI is InChI=1S/C16H23ClN2O/c1-13-7-9-19(10-8-13)12-16(20)18(2)11-14-5-3-4-6-15(14)17/h3-6,13H,7-12H2,1-2H3. The molecule has 0 atom stereocenters. The Hall–Kier alpha value is -1.06. The van der Waals surface area contributed by atoms with Gasteiger partial charge in [0.25, 0.3) is 0 Å². The molecule has 1 fully saturated rings. The van der Waals surface area contributed by atoms with E-state index in [0.717, 1.165) is 29.6 Å². The first-order valence-electron chi connectivity index (χ1n) is 7.26. The van der Waals surface area contributed by atoms with Gasteiger partial charge in [0, 0.05) is 18.6 Å². The quantitative estimate of drug-likeness (QED) is 0.852. The van der Waals surface area contributed by atoms with Gasteiger partial charge in [-0.25, -0.2) is 0 Å². The van der Waals surface area contributed by atoms with Crippen molar-refractivity contribution in [1.29, 1.82) is 0 Å². The first-order chi connectivity index (χ1) is 9.56. The van der Waals surface area contributed by atoms with Crippen molar-refractivity contribution in [2.45, 2.75) is 26.3 Å². The Labute approximate surface area is 126 Å². The molecule has 1 heterocycles. The lowest BCUT2D eigenvalue weighted by molar-refractivity contribution is -0.132. The molecule has 0 N–H and O–H groups in total. The average Bonchev–Trinajstić information content (AvgIpc) is 2.44. The molecule has 2 rings (SSSR count). The number of halogens is 1. The van der Waals surface area contributed by atoms with Crippen LogP contribution in [0.5, 0.6) is 0 Å². The number of carbonyl (C=O) groups is 1. The third kappa shape index (κ3) is 4.22. The monoisotopic (exact) mass is 294 g/mol. The molecular formula is C16H23ClN2O. The third-order valence-electron chi connectivity index (χ3n) is 4.03. The van der Waals surface area contributed by atoms with Crippen LogP contribution in [0.15, 0.2) is 24.3 Å². The second-order valence-electron chi connectivity index (χ2n) is 5.80. The predicted molar refractivity (Wildman–Crippen MR) is 82.8 cm³/mol. The maximum absolute atomic E-state index is 12.2. The van der Waals surface area contributed by atoms with E-state index in [9.17, 15) is 4.79 Å². The molecule has 3 nitrogen and oxygen atoms in total. The number of rotatable bonds is 4. The largest absolute Gasteiger partial charge is 0.340 e. The summed E-state index contributed by atoms with van der Waals surface area (Å²) in [5.41, 5.74) is 0.997. The van der Waals surface area contributed by atoms with E-state index in [1.54, 1.807) is 4.90 Å². The van der Waals surface area contributed by atoms with Gasteiger partial charge in [0.15, 0.2) is 0 Å². The predicted octanol–water partition coefficient (Wildman–Crippen LogP) is 3.03. The van der Waals surface area contributed by atoms with Gasteiger partial charge in [-0.15, -0.1) is 0 Å². The van der Waals surface area contributed by atoms with E-state index in [-0.39, 0.29) is 5.91 Å². The van der Waals surface area contributed by atoms with Gasteiger partial charge < -0.3 is 4.90 Å². The summed E-state index contributed by atoms with van der Waals surface area (Å²) < 4.78 is 0. The van der Waals surface area contributed by atoms with Crippen molar-refractivity contribution in [2.24, 2.45) is 5.92 Å². The maximum atomic E-state index is 12.2. The fraction of sp³-hybridized carbons (Fsp3) is 0.562. The summed E-state index contributed by atoms with van der Waals surface area (Å²) in [6.07, 6.45) is 2.39. The molecule has 4 heteroatoms. The zero-order valence-electron chi connectivity index (χ0n) is 12.3. The van der Waals surface area contributed by atoms with Crippen LogP contribution in [0.3, 0.4) is 0 Å². The molecule has 0 unspecified atom stereocenters.